The predicted octanol–water partition coefficient (Wildman–Crippen LogP) is 4.45. The monoisotopic (exact) mass is 304 g/mol. The highest BCUT2D eigenvalue weighted by molar-refractivity contribution is 9.10. The maximum atomic E-state index is 6.27. The maximum absolute atomic E-state index is 6.27. The van der Waals surface area contributed by atoms with Crippen molar-refractivity contribution < 1.29 is 0 Å². The molecule has 0 amide bonds. The molecule has 0 N–H and O–H groups in total. The Balaban J connectivity index is 2.51. The highest BCUT2D eigenvalue weighted by Gasteiger charge is 2.12. The first-order valence-corrected chi connectivity index (χ1v) is 6.73. The molecule has 1 aromatic carbocycles. The lowest BCUT2D eigenvalue weighted by atomic mass is 10.1. The molecule has 0 aliphatic rings. The number of unbranched alkanes of at least 4 members (excludes halogenated alkanes) is 1. The third kappa shape index (κ3) is 2.17. The highest BCUT2D eigenvalue weighted by atomic mass is 79.9. The van der Waals surface area contributed by atoms with Crippen molar-refractivity contribution in [1.29, 1.82) is 0 Å². The molecule has 1 aromatic heterocycles. The number of aromatic nitrogens is 2. The molecule has 0 unspecified atom stereocenters. The van der Waals surface area contributed by atoms with E-state index in [0.717, 1.165) is 38.9 Å². The summed E-state index contributed by atoms with van der Waals surface area (Å²) in [5.74, 6) is 0. The molecule has 2 aromatic rings. The Kier molecular flexibility index (Phi) is 3.59. The van der Waals surface area contributed by atoms with Crippen molar-refractivity contribution in [3.63, 3.8) is 0 Å². The van der Waals surface area contributed by atoms with Crippen molar-refractivity contribution in [1.82, 2.24) is 8.75 Å². The van der Waals surface area contributed by atoms with Crippen LogP contribution in [0.1, 0.15) is 25.3 Å². The largest absolute Gasteiger partial charge is 0.172 e. The molecule has 15 heavy (non-hydrogen) atoms. The van der Waals surface area contributed by atoms with Gasteiger partial charge in [0.1, 0.15) is 11.0 Å². The van der Waals surface area contributed by atoms with Gasteiger partial charge in [0.05, 0.1) is 16.8 Å². The maximum Gasteiger partial charge on any atom is 0.124 e. The zero-order valence-electron chi connectivity index (χ0n) is 8.26. The minimum Gasteiger partial charge on any atom is -0.172 e. The van der Waals surface area contributed by atoms with Crippen LogP contribution in [0.25, 0.3) is 11.0 Å². The van der Waals surface area contributed by atoms with Crippen molar-refractivity contribution in [2.24, 2.45) is 0 Å². The second-order valence-corrected chi connectivity index (χ2v) is 5.16. The first kappa shape index (κ1) is 11.3. The number of hydrogen-bond acceptors (Lipinski definition) is 3. The van der Waals surface area contributed by atoms with Crippen molar-refractivity contribution in [2.75, 3.05) is 0 Å². The summed E-state index contributed by atoms with van der Waals surface area (Å²) in [5.41, 5.74) is 2.85. The summed E-state index contributed by atoms with van der Waals surface area (Å²) < 4.78 is 9.40. The Labute approximate surface area is 106 Å². The molecule has 0 saturated heterocycles. The highest BCUT2D eigenvalue weighted by Crippen LogP contribution is 2.32. The molecule has 0 fully saturated rings. The molecule has 2 rings (SSSR count). The summed E-state index contributed by atoms with van der Waals surface area (Å²) in [5, 5.41) is 0.760. The van der Waals surface area contributed by atoms with Crippen LogP contribution in [-0.2, 0) is 6.42 Å². The quantitative estimate of drug-likeness (QED) is 0.837. The summed E-state index contributed by atoms with van der Waals surface area (Å²) in [6, 6.07) is 2.06. The molecule has 0 saturated carbocycles. The van der Waals surface area contributed by atoms with E-state index < -0.39 is 0 Å². The smallest absolute Gasteiger partial charge is 0.124 e. The molecule has 0 radical (unpaired) electrons. The van der Waals surface area contributed by atoms with Crippen LogP contribution in [0.3, 0.4) is 0 Å². The third-order valence-corrected chi connectivity index (χ3v) is 3.86. The lowest BCUT2D eigenvalue weighted by molar-refractivity contribution is 0.795. The first-order valence-electron chi connectivity index (χ1n) is 4.83. The summed E-state index contributed by atoms with van der Waals surface area (Å²) in [7, 11) is 0. The van der Waals surface area contributed by atoms with Gasteiger partial charge >= 0.3 is 0 Å². The van der Waals surface area contributed by atoms with Crippen molar-refractivity contribution in [3.8, 4) is 0 Å². The van der Waals surface area contributed by atoms with Gasteiger partial charge in [0.2, 0.25) is 0 Å². The van der Waals surface area contributed by atoms with E-state index in [4.69, 9.17) is 11.6 Å². The van der Waals surface area contributed by atoms with Crippen LogP contribution in [0.15, 0.2) is 10.5 Å². The van der Waals surface area contributed by atoms with Crippen LogP contribution in [0, 0.1) is 0 Å². The normalized spacial score (nSPS) is 11.1. The number of benzene rings is 1. The number of rotatable bonds is 3. The van der Waals surface area contributed by atoms with Gasteiger partial charge in [-0.25, -0.2) is 0 Å². The Morgan fingerprint density at radius 2 is 2.13 bits per heavy atom. The standard InChI is InChI=1S/C10H10BrClN2S/c1-2-3-4-6-5-7(11)9-10(8(6)12)14-15-13-9/h5H,2-4H2,1H3. The Morgan fingerprint density at radius 3 is 2.87 bits per heavy atom. The van der Waals surface area contributed by atoms with Gasteiger partial charge in [-0.2, -0.15) is 8.75 Å². The van der Waals surface area contributed by atoms with Gasteiger partial charge in [-0.15, -0.1) is 0 Å². The molecule has 0 atom stereocenters. The lowest BCUT2D eigenvalue weighted by Crippen LogP contribution is -1.88. The van der Waals surface area contributed by atoms with Gasteiger partial charge in [-0.3, -0.25) is 0 Å². The molecule has 2 nitrogen and oxygen atoms in total. The van der Waals surface area contributed by atoms with E-state index in [9.17, 15) is 0 Å². The van der Waals surface area contributed by atoms with Gasteiger partial charge in [0, 0.05) is 4.47 Å². The number of aryl methyl sites for hydroxylation is 1. The third-order valence-electron chi connectivity index (χ3n) is 2.31. The van der Waals surface area contributed by atoms with Gasteiger partial charge in [0.15, 0.2) is 0 Å². The molecule has 0 aliphatic heterocycles. The first-order chi connectivity index (χ1) is 7.24. The molecule has 1 heterocycles. The number of fused-ring (bicyclic) bond motifs is 1. The molecular weight excluding hydrogens is 296 g/mol. The van der Waals surface area contributed by atoms with E-state index in [2.05, 4.69) is 37.7 Å². The molecule has 0 spiro atoms. The zero-order valence-corrected chi connectivity index (χ0v) is 11.4. The second kappa shape index (κ2) is 4.76. The van der Waals surface area contributed by atoms with Gasteiger partial charge in [-0.05, 0) is 40.4 Å². The Hall–Kier alpha value is -0.190. The number of halogens is 2. The Morgan fingerprint density at radius 1 is 1.40 bits per heavy atom. The molecule has 0 aliphatic carbocycles. The predicted molar refractivity (Wildman–Crippen MR) is 68.7 cm³/mol. The van der Waals surface area contributed by atoms with Crippen LogP contribution in [0.5, 0.6) is 0 Å². The summed E-state index contributed by atoms with van der Waals surface area (Å²) >= 11 is 11.0. The SMILES string of the molecule is CCCCc1cc(Br)c2nsnc2c1Cl. The molecule has 0 bridgehead atoms. The number of hydrogen-bond donors (Lipinski definition) is 0. The van der Waals surface area contributed by atoms with E-state index in [-0.39, 0.29) is 0 Å². The van der Waals surface area contributed by atoms with Crippen LogP contribution in [0.4, 0.5) is 0 Å². The fraction of sp³-hybridized carbons (Fsp3) is 0.400. The van der Waals surface area contributed by atoms with E-state index in [1.165, 1.54) is 18.1 Å². The number of nitrogens with zero attached hydrogens (tertiary/aromatic N) is 2. The average molecular weight is 306 g/mol. The lowest BCUT2D eigenvalue weighted by Gasteiger charge is -2.04. The Bertz CT molecular complexity index is 483. The summed E-state index contributed by atoms with van der Waals surface area (Å²) in [4.78, 5) is 0. The fourth-order valence-electron chi connectivity index (χ4n) is 1.48. The van der Waals surface area contributed by atoms with Crippen molar-refractivity contribution in [3.05, 3.63) is 21.1 Å². The summed E-state index contributed by atoms with van der Waals surface area (Å²) in [6.45, 7) is 2.17. The van der Waals surface area contributed by atoms with Crippen LogP contribution in [-0.4, -0.2) is 8.75 Å². The minimum absolute atomic E-state index is 0.760. The van der Waals surface area contributed by atoms with E-state index in [0.29, 0.717) is 0 Å². The van der Waals surface area contributed by atoms with Crippen LogP contribution >= 0.6 is 39.3 Å². The van der Waals surface area contributed by atoms with E-state index >= 15 is 0 Å². The minimum atomic E-state index is 0.760. The molecule has 5 heteroatoms. The van der Waals surface area contributed by atoms with E-state index in [1.807, 2.05) is 0 Å². The average Bonchev–Trinajstić information content (AvgIpc) is 2.70. The second-order valence-electron chi connectivity index (χ2n) is 3.40. The van der Waals surface area contributed by atoms with Gasteiger partial charge in [-0.1, -0.05) is 24.9 Å². The topological polar surface area (TPSA) is 25.8 Å². The van der Waals surface area contributed by atoms with Gasteiger partial charge < -0.3 is 0 Å². The van der Waals surface area contributed by atoms with Gasteiger partial charge in [0.25, 0.3) is 0 Å². The van der Waals surface area contributed by atoms with Crippen LogP contribution in [0.2, 0.25) is 5.02 Å². The van der Waals surface area contributed by atoms with Crippen molar-refractivity contribution in [2.45, 2.75) is 26.2 Å². The molecular formula is C10H10BrClN2S. The fourth-order valence-corrected chi connectivity index (χ4v) is 3.04. The van der Waals surface area contributed by atoms with Crippen LogP contribution < -0.4 is 0 Å². The zero-order chi connectivity index (χ0) is 10.8. The van der Waals surface area contributed by atoms with E-state index in [1.54, 1.807) is 0 Å². The summed E-state index contributed by atoms with van der Waals surface area (Å²) in [6.07, 6.45) is 3.32. The molecule has 80 valence electrons. The van der Waals surface area contributed by atoms with Crippen molar-refractivity contribution >= 4 is 50.3 Å².